The topological polar surface area (TPSA) is 102 Å². The number of rotatable bonds is 9. The van der Waals surface area contributed by atoms with Crippen molar-refractivity contribution in [1.29, 1.82) is 0 Å². The Balaban J connectivity index is 2.10. The Kier molecular flexibility index (Phi) is 6.49. The molecule has 2 aromatic carbocycles. The molecule has 0 saturated heterocycles. The summed E-state index contributed by atoms with van der Waals surface area (Å²) in [5.74, 6) is 0.649. The van der Waals surface area contributed by atoms with Crippen molar-refractivity contribution in [2.24, 2.45) is 0 Å². The van der Waals surface area contributed by atoms with Crippen LogP contribution in [0.4, 0.5) is 11.4 Å². The molecule has 9 heteroatoms. The molecule has 7 nitrogen and oxygen atoms in total. The highest BCUT2D eigenvalue weighted by atomic mass is 32.2. The molecule has 0 aliphatic heterocycles. The summed E-state index contributed by atoms with van der Waals surface area (Å²) in [5.41, 5.74) is 0.722. The normalized spacial score (nSPS) is 11.8. The largest absolute Gasteiger partial charge is 0.497 e. The average Bonchev–Trinajstić information content (AvgIpc) is 2.60. The van der Waals surface area contributed by atoms with Crippen molar-refractivity contribution < 1.29 is 21.6 Å². The van der Waals surface area contributed by atoms with Gasteiger partial charge in [-0.25, -0.2) is 16.8 Å². The van der Waals surface area contributed by atoms with E-state index in [0.29, 0.717) is 23.5 Å². The highest BCUT2D eigenvalue weighted by molar-refractivity contribution is 7.93. The molecule has 0 heterocycles. The van der Waals surface area contributed by atoms with Crippen LogP contribution in [0.3, 0.4) is 0 Å². The van der Waals surface area contributed by atoms with E-state index < -0.39 is 20.0 Å². The first-order valence-corrected chi connectivity index (χ1v) is 11.2. The first-order valence-electron chi connectivity index (χ1n) is 8.03. The van der Waals surface area contributed by atoms with E-state index in [-0.39, 0.29) is 10.6 Å². The van der Waals surface area contributed by atoms with Crippen molar-refractivity contribution in [3.8, 4) is 5.75 Å². The maximum absolute atomic E-state index is 12.4. The molecule has 0 aromatic heterocycles. The van der Waals surface area contributed by atoms with E-state index in [9.17, 15) is 16.8 Å². The lowest BCUT2D eigenvalue weighted by Gasteiger charge is -2.10. The maximum atomic E-state index is 12.4. The summed E-state index contributed by atoms with van der Waals surface area (Å²) in [5, 5.41) is 0. The number of ether oxygens (including phenoxy) is 1. The van der Waals surface area contributed by atoms with Gasteiger partial charge in [-0.1, -0.05) is 13.3 Å². The molecule has 0 unspecified atom stereocenters. The molecular weight excluding hydrogens is 376 g/mol. The summed E-state index contributed by atoms with van der Waals surface area (Å²) in [6, 6.07) is 12.0. The summed E-state index contributed by atoms with van der Waals surface area (Å²) in [7, 11) is -5.68. The van der Waals surface area contributed by atoms with Crippen LogP contribution >= 0.6 is 0 Å². The highest BCUT2D eigenvalue weighted by Gasteiger charge is 2.15. The molecule has 0 radical (unpaired) electrons. The Morgan fingerprint density at radius 3 is 1.92 bits per heavy atom. The predicted octanol–water partition coefficient (Wildman–Crippen LogP) is 3.04. The van der Waals surface area contributed by atoms with Gasteiger partial charge in [0.2, 0.25) is 10.0 Å². The number of hydrogen-bond donors (Lipinski definition) is 2. The van der Waals surface area contributed by atoms with Crippen molar-refractivity contribution in [3.05, 3.63) is 48.5 Å². The molecule has 0 saturated carbocycles. The molecule has 2 aromatic rings. The number of nitrogens with one attached hydrogen (secondary N) is 2. The number of sulfonamides is 2. The minimum absolute atomic E-state index is 0.0303. The number of hydrogen-bond acceptors (Lipinski definition) is 5. The maximum Gasteiger partial charge on any atom is 0.261 e. The van der Waals surface area contributed by atoms with Crippen LogP contribution in [0.15, 0.2) is 53.4 Å². The average molecular weight is 399 g/mol. The zero-order valence-corrected chi connectivity index (χ0v) is 16.2. The smallest absolute Gasteiger partial charge is 0.261 e. The third-order valence-corrected chi connectivity index (χ3v) is 6.32. The van der Waals surface area contributed by atoms with E-state index in [4.69, 9.17) is 4.74 Å². The Labute approximate surface area is 154 Å². The van der Waals surface area contributed by atoms with Gasteiger partial charge in [0.05, 0.1) is 17.8 Å². The third-order valence-electron chi connectivity index (χ3n) is 3.55. The zero-order valence-electron chi connectivity index (χ0n) is 14.6. The van der Waals surface area contributed by atoms with E-state index >= 15 is 0 Å². The lowest BCUT2D eigenvalue weighted by Crippen LogP contribution is -2.17. The van der Waals surface area contributed by atoms with Crippen molar-refractivity contribution in [3.63, 3.8) is 0 Å². The standard InChI is InChI=1S/C17H22N2O5S2/c1-3-4-13-25(20,21)18-14-7-11-17(12-8-14)26(22,23)19-15-5-9-16(24-2)10-6-15/h5-12,18-19H,3-4,13H2,1-2H3. The Bertz CT molecular complexity index is 922. The number of anilines is 2. The molecule has 142 valence electrons. The second-order valence-electron chi connectivity index (χ2n) is 5.63. The van der Waals surface area contributed by atoms with Gasteiger partial charge in [-0.15, -0.1) is 0 Å². The van der Waals surface area contributed by atoms with Crippen LogP contribution in [0.2, 0.25) is 0 Å². The van der Waals surface area contributed by atoms with Gasteiger partial charge in [-0.05, 0) is 55.0 Å². The van der Waals surface area contributed by atoms with Gasteiger partial charge in [-0.3, -0.25) is 9.44 Å². The van der Waals surface area contributed by atoms with Crippen LogP contribution < -0.4 is 14.2 Å². The summed E-state index contributed by atoms with van der Waals surface area (Å²) in [6.45, 7) is 1.91. The summed E-state index contributed by atoms with van der Waals surface area (Å²) < 4.78 is 58.5. The van der Waals surface area contributed by atoms with Gasteiger partial charge < -0.3 is 4.74 Å². The Hall–Kier alpha value is -2.26. The van der Waals surface area contributed by atoms with Gasteiger partial charge in [-0.2, -0.15) is 0 Å². The monoisotopic (exact) mass is 398 g/mol. The fourth-order valence-corrected chi connectivity index (χ4v) is 4.46. The number of benzene rings is 2. The molecule has 0 fully saturated rings. The minimum Gasteiger partial charge on any atom is -0.497 e. The van der Waals surface area contributed by atoms with Crippen LogP contribution in [0.5, 0.6) is 5.75 Å². The summed E-state index contributed by atoms with van der Waals surface area (Å²) in [4.78, 5) is 0.0322. The van der Waals surface area contributed by atoms with Crippen LogP contribution in [0.1, 0.15) is 19.8 Å². The van der Waals surface area contributed by atoms with Crippen molar-refractivity contribution >= 4 is 31.4 Å². The predicted molar refractivity (Wildman–Crippen MR) is 103 cm³/mol. The second kappa shape index (κ2) is 8.41. The fourth-order valence-electron chi connectivity index (χ4n) is 2.14. The number of unbranched alkanes of at least 4 members (excludes halogenated alkanes) is 1. The van der Waals surface area contributed by atoms with Crippen LogP contribution in [-0.2, 0) is 20.0 Å². The Morgan fingerprint density at radius 2 is 1.38 bits per heavy atom. The summed E-state index contributed by atoms with van der Waals surface area (Å²) in [6.07, 6.45) is 1.34. The SMILES string of the molecule is CCCCS(=O)(=O)Nc1ccc(S(=O)(=O)Nc2ccc(OC)cc2)cc1. The van der Waals surface area contributed by atoms with Crippen LogP contribution in [0.25, 0.3) is 0 Å². The van der Waals surface area contributed by atoms with E-state index in [1.54, 1.807) is 24.3 Å². The lowest BCUT2D eigenvalue weighted by molar-refractivity contribution is 0.415. The van der Waals surface area contributed by atoms with Gasteiger partial charge in [0, 0.05) is 11.4 Å². The van der Waals surface area contributed by atoms with Crippen molar-refractivity contribution in [2.75, 3.05) is 22.3 Å². The van der Waals surface area contributed by atoms with Gasteiger partial charge in [0.25, 0.3) is 10.0 Å². The van der Waals surface area contributed by atoms with Gasteiger partial charge in [0.15, 0.2) is 0 Å². The molecule has 26 heavy (non-hydrogen) atoms. The number of methoxy groups -OCH3 is 1. The third kappa shape index (κ3) is 5.63. The van der Waals surface area contributed by atoms with Crippen molar-refractivity contribution in [2.45, 2.75) is 24.7 Å². The zero-order chi connectivity index (χ0) is 19.2. The molecule has 0 atom stereocenters. The molecule has 0 bridgehead atoms. The fraction of sp³-hybridized carbons (Fsp3) is 0.294. The van der Waals surface area contributed by atoms with E-state index in [2.05, 4.69) is 9.44 Å². The van der Waals surface area contributed by atoms with E-state index in [0.717, 1.165) is 6.42 Å². The lowest BCUT2D eigenvalue weighted by atomic mass is 10.3. The summed E-state index contributed by atoms with van der Waals surface area (Å²) >= 11 is 0. The van der Waals surface area contributed by atoms with Gasteiger partial charge in [0.1, 0.15) is 5.75 Å². The minimum atomic E-state index is -3.78. The Morgan fingerprint density at radius 1 is 0.846 bits per heavy atom. The van der Waals surface area contributed by atoms with E-state index in [1.165, 1.54) is 31.4 Å². The molecule has 2 rings (SSSR count). The first-order chi connectivity index (χ1) is 12.3. The van der Waals surface area contributed by atoms with E-state index in [1.807, 2.05) is 6.92 Å². The molecular formula is C17H22N2O5S2. The van der Waals surface area contributed by atoms with Gasteiger partial charge >= 0.3 is 0 Å². The molecule has 0 amide bonds. The van der Waals surface area contributed by atoms with Crippen LogP contribution in [-0.4, -0.2) is 29.7 Å². The first kappa shape index (κ1) is 20.1. The highest BCUT2D eigenvalue weighted by Crippen LogP contribution is 2.21. The molecule has 0 aliphatic rings. The molecule has 2 N–H and O–H groups in total. The second-order valence-corrected chi connectivity index (χ2v) is 9.16. The van der Waals surface area contributed by atoms with Crippen LogP contribution in [0, 0.1) is 0 Å². The molecule has 0 spiro atoms. The quantitative estimate of drug-likeness (QED) is 0.676. The molecule has 0 aliphatic carbocycles. The van der Waals surface area contributed by atoms with Crippen molar-refractivity contribution in [1.82, 2.24) is 0 Å².